The Balaban J connectivity index is 2.03. The quantitative estimate of drug-likeness (QED) is 0.518. The number of hydrogen-bond donors (Lipinski definition) is 1. The molecule has 1 aromatic rings. The highest BCUT2D eigenvalue weighted by Crippen LogP contribution is 2.21. The number of non-ortho nitro benzene ring substituents is 1. The van der Waals surface area contributed by atoms with Gasteiger partial charge in [0.25, 0.3) is 5.69 Å². The molecule has 23 heavy (non-hydrogen) atoms. The second-order valence-corrected chi connectivity index (χ2v) is 5.67. The number of nitrogens with zero attached hydrogens (tertiary/aromatic N) is 3. The van der Waals surface area contributed by atoms with Gasteiger partial charge >= 0.3 is 0 Å². The van der Waals surface area contributed by atoms with E-state index in [9.17, 15) is 20.2 Å². The number of benzene rings is 1. The van der Waals surface area contributed by atoms with Gasteiger partial charge in [0.2, 0.25) is 5.91 Å². The number of nitrogens with one attached hydrogen (secondary N) is 1. The molecule has 1 N–H and O–H groups in total. The zero-order chi connectivity index (χ0) is 16.9. The molecule has 2 rings (SSSR count). The lowest BCUT2D eigenvalue weighted by atomic mass is 9.89. The lowest BCUT2D eigenvalue weighted by Crippen LogP contribution is -2.53. The van der Waals surface area contributed by atoms with Crippen molar-refractivity contribution in [3.8, 4) is 6.07 Å². The van der Waals surface area contributed by atoms with Crippen LogP contribution in [0.5, 0.6) is 0 Å². The minimum absolute atomic E-state index is 0.0311. The normalized spacial score (nSPS) is 17.6. The highest BCUT2D eigenvalue weighted by Gasteiger charge is 2.34. The average Bonchev–Trinajstić information content (AvgIpc) is 2.55. The zero-order valence-corrected chi connectivity index (χ0v) is 12.9. The van der Waals surface area contributed by atoms with E-state index in [1.165, 1.54) is 24.3 Å². The number of hydrogen-bond acceptors (Lipinski definition) is 5. The van der Waals surface area contributed by atoms with Crippen molar-refractivity contribution in [2.75, 3.05) is 20.1 Å². The number of likely N-dealkylation sites (tertiary alicyclic amines) is 1. The van der Waals surface area contributed by atoms with E-state index in [0.717, 1.165) is 13.1 Å². The van der Waals surface area contributed by atoms with Crippen LogP contribution in [0.25, 0.3) is 6.08 Å². The van der Waals surface area contributed by atoms with Crippen LogP contribution in [0.3, 0.4) is 0 Å². The van der Waals surface area contributed by atoms with E-state index in [2.05, 4.69) is 16.3 Å². The Bertz CT molecular complexity index is 670. The molecule has 1 aliphatic rings. The summed E-state index contributed by atoms with van der Waals surface area (Å²) in [6, 6.07) is 8.22. The molecule has 0 spiro atoms. The third-order valence-electron chi connectivity index (χ3n) is 3.93. The van der Waals surface area contributed by atoms with Crippen LogP contribution in [0.15, 0.2) is 30.3 Å². The molecule has 0 aliphatic carbocycles. The topological polar surface area (TPSA) is 99.3 Å². The second-order valence-electron chi connectivity index (χ2n) is 5.67. The minimum atomic E-state index is -0.837. The number of amides is 1. The first-order valence-corrected chi connectivity index (χ1v) is 7.29. The maximum atomic E-state index is 12.1. The third kappa shape index (κ3) is 4.37. The van der Waals surface area contributed by atoms with Crippen LogP contribution >= 0.6 is 0 Å². The van der Waals surface area contributed by atoms with Crippen LogP contribution in [0.2, 0.25) is 0 Å². The maximum absolute atomic E-state index is 12.1. The highest BCUT2D eigenvalue weighted by atomic mass is 16.6. The number of carbonyl (C=O) groups excluding carboxylic acids is 1. The van der Waals surface area contributed by atoms with Gasteiger partial charge in [-0.15, -0.1) is 0 Å². The van der Waals surface area contributed by atoms with Crippen molar-refractivity contribution in [1.29, 1.82) is 5.26 Å². The van der Waals surface area contributed by atoms with E-state index in [0.29, 0.717) is 18.4 Å². The summed E-state index contributed by atoms with van der Waals surface area (Å²) < 4.78 is 0. The van der Waals surface area contributed by atoms with Crippen LogP contribution in [0, 0.1) is 21.4 Å². The molecule has 1 heterocycles. The van der Waals surface area contributed by atoms with Gasteiger partial charge in [-0.05, 0) is 31.5 Å². The summed E-state index contributed by atoms with van der Waals surface area (Å²) in [5.41, 5.74) is -0.309. The SMILES string of the molecule is CN1CCC(C#N)(NC(=O)C=Cc2cccc([N+](=O)[O-])c2)CC1. The van der Waals surface area contributed by atoms with E-state index >= 15 is 0 Å². The van der Waals surface area contributed by atoms with E-state index in [1.807, 2.05) is 7.05 Å². The van der Waals surface area contributed by atoms with Gasteiger partial charge in [0.1, 0.15) is 5.54 Å². The van der Waals surface area contributed by atoms with Gasteiger partial charge in [0.15, 0.2) is 0 Å². The maximum Gasteiger partial charge on any atom is 0.270 e. The molecular weight excluding hydrogens is 296 g/mol. The number of piperidine rings is 1. The van der Waals surface area contributed by atoms with Gasteiger partial charge in [0.05, 0.1) is 11.0 Å². The van der Waals surface area contributed by atoms with Gasteiger partial charge in [0, 0.05) is 31.3 Å². The molecule has 0 bridgehead atoms. The fraction of sp³-hybridized carbons (Fsp3) is 0.375. The summed E-state index contributed by atoms with van der Waals surface area (Å²) in [5.74, 6) is -0.373. The predicted octanol–water partition coefficient (Wildman–Crippen LogP) is 1.71. The van der Waals surface area contributed by atoms with Crippen molar-refractivity contribution in [2.45, 2.75) is 18.4 Å². The average molecular weight is 314 g/mol. The standard InChI is InChI=1S/C16H18N4O3/c1-19-9-7-16(12-17,8-10-19)18-15(21)6-5-13-3-2-4-14(11-13)20(22)23/h2-6,11H,7-10H2,1H3,(H,18,21). The molecule has 1 aliphatic heterocycles. The van der Waals surface area contributed by atoms with Crippen LogP contribution in [0.4, 0.5) is 5.69 Å². The van der Waals surface area contributed by atoms with Crippen molar-refractivity contribution in [3.05, 3.63) is 46.0 Å². The molecule has 1 aromatic carbocycles. The molecule has 0 atom stereocenters. The molecule has 7 heteroatoms. The summed E-state index contributed by atoms with van der Waals surface area (Å²) in [4.78, 5) is 24.4. The lowest BCUT2D eigenvalue weighted by molar-refractivity contribution is -0.384. The Labute approximate surface area is 134 Å². The monoisotopic (exact) mass is 314 g/mol. The third-order valence-corrected chi connectivity index (χ3v) is 3.93. The van der Waals surface area contributed by atoms with Crippen molar-refractivity contribution >= 4 is 17.7 Å². The Morgan fingerprint density at radius 1 is 1.48 bits per heavy atom. The fourth-order valence-corrected chi connectivity index (χ4v) is 2.46. The Morgan fingerprint density at radius 3 is 2.78 bits per heavy atom. The van der Waals surface area contributed by atoms with Gasteiger partial charge in [-0.1, -0.05) is 12.1 Å². The van der Waals surface area contributed by atoms with Crippen LogP contribution < -0.4 is 5.32 Å². The number of nitriles is 1. The van der Waals surface area contributed by atoms with Crippen LogP contribution in [-0.2, 0) is 4.79 Å². The summed E-state index contributed by atoms with van der Waals surface area (Å²) in [6.07, 6.45) is 3.96. The molecule has 1 saturated heterocycles. The van der Waals surface area contributed by atoms with Gasteiger partial charge in [-0.2, -0.15) is 5.26 Å². The summed E-state index contributed by atoms with van der Waals surface area (Å²) in [7, 11) is 1.98. The molecule has 0 radical (unpaired) electrons. The Hall–Kier alpha value is -2.72. The zero-order valence-electron chi connectivity index (χ0n) is 12.9. The highest BCUT2D eigenvalue weighted by molar-refractivity contribution is 5.92. The molecule has 1 fully saturated rings. The summed E-state index contributed by atoms with van der Waals surface area (Å²) >= 11 is 0. The number of rotatable bonds is 4. The second kappa shape index (κ2) is 7.03. The first kappa shape index (κ1) is 16.6. The first-order valence-electron chi connectivity index (χ1n) is 7.29. The number of carbonyl (C=O) groups is 1. The summed E-state index contributed by atoms with van der Waals surface area (Å²) in [6.45, 7) is 1.50. The number of nitro benzene ring substituents is 1. The molecule has 0 saturated carbocycles. The number of nitro groups is 1. The van der Waals surface area contributed by atoms with E-state index in [4.69, 9.17) is 0 Å². The molecule has 120 valence electrons. The van der Waals surface area contributed by atoms with Crippen LogP contribution in [0.1, 0.15) is 18.4 Å². The van der Waals surface area contributed by atoms with E-state index in [-0.39, 0.29) is 11.6 Å². The van der Waals surface area contributed by atoms with E-state index in [1.54, 1.807) is 12.1 Å². The first-order chi connectivity index (χ1) is 10.9. The Morgan fingerprint density at radius 2 is 2.17 bits per heavy atom. The molecule has 0 aromatic heterocycles. The summed E-state index contributed by atoms with van der Waals surface area (Å²) in [5, 5.41) is 22.9. The van der Waals surface area contributed by atoms with Gasteiger partial charge in [-0.3, -0.25) is 14.9 Å². The van der Waals surface area contributed by atoms with Crippen LogP contribution in [-0.4, -0.2) is 41.4 Å². The van der Waals surface area contributed by atoms with E-state index < -0.39 is 10.5 Å². The molecule has 0 unspecified atom stereocenters. The smallest absolute Gasteiger partial charge is 0.270 e. The predicted molar refractivity (Wildman–Crippen MR) is 85.3 cm³/mol. The Kier molecular flexibility index (Phi) is 5.09. The van der Waals surface area contributed by atoms with Gasteiger partial charge in [-0.25, -0.2) is 0 Å². The molecule has 7 nitrogen and oxygen atoms in total. The van der Waals surface area contributed by atoms with Crippen molar-refractivity contribution in [2.24, 2.45) is 0 Å². The van der Waals surface area contributed by atoms with Gasteiger partial charge < -0.3 is 10.2 Å². The fourth-order valence-electron chi connectivity index (χ4n) is 2.46. The minimum Gasteiger partial charge on any atom is -0.334 e. The lowest BCUT2D eigenvalue weighted by Gasteiger charge is -2.35. The molecule has 1 amide bonds. The molecular formula is C16H18N4O3. The van der Waals surface area contributed by atoms with Crippen molar-refractivity contribution in [1.82, 2.24) is 10.2 Å². The van der Waals surface area contributed by atoms with Crippen molar-refractivity contribution in [3.63, 3.8) is 0 Å². The largest absolute Gasteiger partial charge is 0.334 e. The van der Waals surface area contributed by atoms with Crippen molar-refractivity contribution < 1.29 is 9.72 Å².